The highest BCUT2D eigenvalue weighted by atomic mass is 32.2. The van der Waals surface area contributed by atoms with Gasteiger partial charge >= 0.3 is 0 Å². The van der Waals surface area contributed by atoms with Crippen LogP contribution in [0.1, 0.15) is 13.8 Å². The predicted molar refractivity (Wildman–Crippen MR) is 127 cm³/mol. The van der Waals surface area contributed by atoms with E-state index in [4.69, 9.17) is 9.47 Å². The Bertz CT molecular complexity index is 715. The van der Waals surface area contributed by atoms with Crippen LogP contribution in [0.4, 0.5) is 11.4 Å². The molecule has 0 spiro atoms. The Labute approximate surface area is 186 Å². The van der Waals surface area contributed by atoms with Gasteiger partial charge in [0, 0.05) is 22.9 Å². The number of amides is 2. The first kappa shape index (κ1) is 24.0. The highest BCUT2D eigenvalue weighted by molar-refractivity contribution is 8.03. The number of anilines is 2. The molecule has 2 N–H and O–H groups in total. The van der Waals surface area contributed by atoms with E-state index in [9.17, 15) is 9.59 Å². The molecular formula is C22H28N2O4S2. The number of carbonyl (C=O) groups excluding carboxylic acids is 2. The first-order chi connectivity index (χ1) is 14.6. The number of benzene rings is 2. The molecule has 2 amide bonds. The van der Waals surface area contributed by atoms with Gasteiger partial charge in [-0.05, 0) is 62.4 Å². The summed E-state index contributed by atoms with van der Waals surface area (Å²) in [4.78, 5) is 24.0. The SMILES string of the molecule is CCOc1ccc(NC(=O)CSCCSCC(=O)Nc2ccc(OCC)cc2)cc1. The van der Waals surface area contributed by atoms with Crippen molar-refractivity contribution < 1.29 is 19.1 Å². The zero-order valence-electron chi connectivity index (χ0n) is 17.3. The minimum Gasteiger partial charge on any atom is -0.494 e. The molecule has 0 unspecified atom stereocenters. The van der Waals surface area contributed by atoms with Crippen LogP contribution in [0.25, 0.3) is 0 Å². The molecule has 0 fully saturated rings. The summed E-state index contributed by atoms with van der Waals surface area (Å²) >= 11 is 3.10. The summed E-state index contributed by atoms with van der Waals surface area (Å²) in [6, 6.07) is 14.6. The molecule has 0 atom stereocenters. The molecule has 0 heterocycles. The molecular weight excluding hydrogens is 420 g/mol. The topological polar surface area (TPSA) is 76.7 Å². The summed E-state index contributed by atoms with van der Waals surface area (Å²) in [6.45, 7) is 5.09. The standard InChI is InChI=1S/C22H28N2O4S2/c1-3-27-19-9-5-17(6-10-19)23-21(25)15-29-13-14-30-16-22(26)24-18-7-11-20(12-8-18)28-4-2/h5-12H,3-4,13-16H2,1-2H3,(H,23,25)(H,24,26). The summed E-state index contributed by atoms with van der Waals surface area (Å²) in [5.41, 5.74) is 1.51. The lowest BCUT2D eigenvalue weighted by molar-refractivity contribution is -0.114. The fraction of sp³-hybridized carbons (Fsp3) is 0.364. The van der Waals surface area contributed by atoms with Crippen LogP contribution in [0.15, 0.2) is 48.5 Å². The summed E-state index contributed by atoms with van der Waals surface area (Å²) in [5.74, 6) is 3.86. The van der Waals surface area contributed by atoms with E-state index in [0.717, 1.165) is 34.4 Å². The van der Waals surface area contributed by atoms with E-state index in [2.05, 4.69) is 10.6 Å². The van der Waals surface area contributed by atoms with Crippen LogP contribution in [0.5, 0.6) is 11.5 Å². The Morgan fingerprint density at radius 1 is 0.700 bits per heavy atom. The van der Waals surface area contributed by atoms with Gasteiger partial charge in [0.25, 0.3) is 0 Å². The number of ether oxygens (including phenoxy) is 2. The fourth-order valence-corrected chi connectivity index (χ4v) is 4.19. The van der Waals surface area contributed by atoms with Gasteiger partial charge in [-0.3, -0.25) is 9.59 Å². The second-order valence-corrected chi connectivity index (χ2v) is 8.33. The largest absolute Gasteiger partial charge is 0.494 e. The predicted octanol–water partition coefficient (Wildman–Crippen LogP) is 4.53. The summed E-state index contributed by atoms with van der Waals surface area (Å²) in [5, 5.41) is 5.73. The zero-order chi connectivity index (χ0) is 21.6. The van der Waals surface area contributed by atoms with Gasteiger partial charge < -0.3 is 20.1 Å². The van der Waals surface area contributed by atoms with Gasteiger partial charge in [0.05, 0.1) is 24.7 Å². The Kier molecular flexibility index (Phi) is 11.0. The molecule has 2 aromatic carbocycles. The number of thioether (sulfide) groups is 2. The molecule has 6 nitrogen and oxygen atoms in total. The van der Waals surface area contributed by atoms with E-state index < -0.39 is 0 Å². The molecule has 0 bridgehead atoms. The van der Waals surface area contributed by atoms with Crippen molar-refractivity contribution in [1.82, 2.24) is 0 Å². The molecule has 162 valence electrons. The molecule has 0 aliphatic heterocycles. The van der Waals surface area contributed by atoms with Gasteiger partial charge in [-0.1, -0.05) is 0 Å². The van der Waals surface area contributed by atoms with Crippen molar-refractivity contribution in [3.05, 3.63) is 48.5 Å². The maximum absolute atomic E-state index is 12.0. The average molecular weight is 449 g/mol. The van der Waals surface area contributed by atoms with E-state index in [1.807, 2.05) is 62.4 Å². The summed E-state index contributed by atoms with van der Waals surface area (Å²) in [7, 11) is 0. The first-order valence-electron chi connectivity index (χ1n) is 9.81. The van der Waals surface area contributed by atoms with Crippen LogP contribution in [-0.4, -0.2) is 48.0 Å². The zero-order valence-corrected chi connectivity index (χ0v) is 18.9. The van der Waals surface area contributed by atoms with E-state index in [-0.39, 0.29) is 11.8 Å². The Morgan fingerprint density at radius 3 is 1.40 bits per heavy atom. The molecule has 0 aromatic heterocycles. The monoisotopic (exact) mass is 448 g/mol. The van der Waals surface area contributed by atoms with Crippen molar-refractivity contribution in [3.8, 4) is 11.5 Å². The molecule has 2 rings (SSSR count). The lowest BCUT2D eigenvalue weighted by Gasteiger charge is -2.08. The van der Waals surface area contributed by atoms with Crippen LogP contribution in [0, 0.1) is 0 Å². The van der Waals surface area contributed by atoms with Crippen molar-refractivity contribution in [1.29, 1.82) is 0 Å². The molecule has 2 aromatic rings. The molecule has 0 saturated carbocycles. The maximum atomic E-state index is 12.0. The highest BCUT2D eigenvalue weighted by Crippen LogP contribution is 2.17. The summed E-state index contributed by atoms with van der Waals surface area (Å²) < 4.78 is 10.8. The van der Waals surface area contributed by atoms with Gasteiger partial charge in [0.15, 0.2) is 0 Å². The van der Waals surface area contributed by atoms with Gasteiger partial charge in [-0.2, -0.15) is 23.5 Å². The lowest BCUT2D eigenvalue weighted by Crippen LogP contribution is -2.15. The number of rotatable bonds is 13. The quantitative estimate of drug-likeness (QED) is 0.439. The van der Waals surface area contributed by atoms with Crippen LogP contribution in [0.2, 0.25) is 0 Å². The van der Waals surface area contributed by atoms with Crippen molar-refractivity contribution in [2.45, 2.75) is 13.8 Å². The first-order valence-corrected chi connectivity index (χ1v) is 12.1. The van der Waals surface area contributed by atoms with Gasteiger partial charge in [-0.25, -0.2) is 0 Å². The maximum Gasteiger partial charge on any atom is 0.234 e. The minimum absolute atomic E-state index is 0.0394. The Hall–Kier alpha value is -2.32. The van der Waals surface area contributed by atoms with Gasteiger partial charge in [0.1, 0.15) is 11.5 Å². The Morgan fingerprint density at radius 2 is 1.07 bits per heavy atom. The van der Waals surface area contributed by atoms with Crippen LogP contribution in [0.3, 0.4) is 0 Å². The molecule has 0 saturated heterocycles. The number of carbonyl (C=O) groups is 2. The third-order valence-electron chi connectivity index (χ3n) is 3.74. The third kappa shape index (κ3) is 9.45. The lowest BCUT2D eigenvalue weighted by atomic mass is 10.3. The van der Waals surface area contributed by atoms with Gasteiger partial charge in [0.2, 0.25) is 11.8 Å². The second-order valence-electron chi connectivity index (χ2n) is 6.12. The normalized spacial score (nSPS) is 10.3. The van der Waals surface area contributed by atoms with Crippen LogP contribution < -0.4 is 20.1 Å². The number of nitrogens with one attached hydrogen (secondary N) is 2. The van der Waals surface area contributed by atoms with Gasteiger partial charge in [-0.15, -0.1) is 0 Å². The van der Waals surface area contributed by atoms with Crippen molar-refractivity contribution in [2.24, 2.45) is 0 Å². The highest BCUT2D eigenvalue weighted by Gasteiger charge is 2.05. The van der Waals surface area contributed by atoms with Crippen molar-refractivity contribution in [3.63, 3.8) is 0 Å². The molecule has 30 heavy (non-hydrogen) atoms. The van der Waals surface area contributed by atoms with E-state index >= 15 is 0 Å². The number of hydrogen-bond acceptors (Lipinski definition) is 6. The number of hydrogen-bond donors (Lipinski definition) is 2. The van der Waals surface area contributed by atoms with E-state index in [1.54, 1.807) is 23.5 Å². The molecule has 0 aliphatic rings. The molecule has 0 radical (unpaired) electrons. The van der Waals surface area contributed by atoms with Crippen LogP contribution in [-0.2, 0) is 9.59 Å². The smallest absolute Gasteiger partial charge is 0.234 e. The van der Waals surface area contributed by atoms with Crippen molar-refractivity contribution >= 4 is 46.7 Å². The average Bonchev–Trinajstić information content (AvgIpc) is 2.74. The summed E-state index contributed by atoms with van der Waals surface area (Å²) in [6.07, 6.45) is 0. The second kappa shape index (κ2) is 13.8. The van der Waals surface area contributed by atoms with E-state index in [1.165, 1.54) is 0 Å². The molecule has 8 heteroatoms. The van der Waals surface area contributed by atoms with Crippen LogP contribution >= 0.6 is 23.5 Å². The van der Waals surface area contributed by atoms with E-state index in [0.29, 0.717) is 24.7 Å². The van der Waals surface area contributed by atoms with Crippen molar-refractivity contribution in [2.75, 3.05) is 46.9 Å². The fourth-order valence-electron chi connectivity index (χ4n) is 2.44. The Balaban J connectivity index is 1.54. The third-order valence-corrected chi connectivity index (χ3v) is 5.91. The molecule has 0 aliphatic carbocycles. The minimum atomic E-state index is -0.0394.